The SMILES string of the molecule is CCC(C)C(NC(=O)C(NC(=O)C(Cc1ccccc1)NC(=O)C(N)Cc1cnc[nH]1)C(C)CC)C(=O)O. The van der Waals surface area contributed by atoms with Crippen LogP contribution in [-0.2, 0) is 32.0 Å². The molecule has 1 heterocycles. The van der Waals surface area contributed by atoms with Crippen molar-refractivity contribution in [2.75, 3.05) is 0 Å². The number of aromatic amines is 1. The van der Waals surface area contributed by atoms with Crippen LogP contribution in [0, 0.1) is 11.8 Å². The summed E-state index contributed by atoms with van der Waals surface area (Å²) < 4.78 is 0. The minimum Gasteiger partial charge on any atom is -0.480 e. The lowest BCUT2D eigenvalue weighted by atomic mass is 9.94. The highest BCUT2D eigenvalue weighted by molar-refractivity contribution is 5.94. The molecule has 0 aliphatic carbocycles. The fraction of sp³-hybridized carbons (Fsp3) is 0.519. The summed E-state index contributed by atoms with van der Waals surface area (Å²) in [5.74, 6) is -3.40. The first kappa shape index (κ1) is 30.5. The van der Waals surface area contributed by atoms with E-state index in [1.807, 2.05) is 44.2 Å². The minimum absolute atomic E-state index is 0.175. The van der Waals surface area contributed by atoms with Crippen LogP contribution in [0.1, 0.15) is 51.8 Å². The van der Waals surface area contributed by atoms with Crippen molar-refractivity contribution in [3.8, 4) is 0 Å². The number of nitrogens with zero attached hydrogens (tertiary/aromatic N) is 1. The van der Waals surface area contributed by atoms with E-state index < -0.39 is 47.9 Å². The zero-order valence-electron chi connectivity index (χ0n) is 22.4. The largest absolute Gasteiger partial charge is 0.480 e. The van der Waals surface area contributed by atoms with Crippen molar-refractivity contribution in [2.45, 2.75) is 77.5 Å². The van der Waals surface area contributed by atoms with Gasteiger partial charge in [-0.1, -0.05) is 70.9 Å². The predicted molar refractivity (Wildman–Crippen MR) is 143 cm³/mol. The van der Waals surface area contributed by atoms with Crippen molar-refractivity contribution in [1.29, 1.82) is 0 Å². The molecule has 0 spiro atoms. The smallest absolute Gasteiger partial charge is 0.326 e. The molecule has 11 nitrogen and oxygen atoms in total. The number of nitrogens with two attached hydrogens (primary N) is 1. The lowest BCUT2D eigenvalue weighted by Crippen LogP contribution is -2.59. The highest BCUT2D eigenvalue weighted by Crippen LogP contribution is 2.13. The summed E-state index contributed by atoms with van der Waals surface area (Å²) in [6.07, 6.45) is 4.55. The number of carbonyl (C=O) groups is 4. The number of aromatic nitrogens is 2. The summed E-state index contributed by atoms with van der Waals surface area (Å²) in [4.78, 5) is 58.2. The molecule has 1 aromatic heterocycles. The number of hydrogen-bond donors (Lipinski definition) is 6. The molecule has 6 atom stereocenters. The van der Waals surface area contributed by atoms with Gasteiger partial charge < -0.3 is 31.8 Å². The first-order valence-corrected chi connectivity index (χ1v) is 13.0. The fourth-order valence-corrected chi connectivity index (χ4v) is 3.95. The van der Waals surface area contributed by atoms with Crippen LogP contribution in [0.3, 0.4) is 0 Å². The molecule has 0 radical (unpaired) electrons. The van der Waals surface area contributed by atoms with Crippen LogP contribution in [0.15, 0.2) is 42.9 Å². The first-order chi connectivity index (χ1) is 18.1. The molecule has 0 aliphatic heterocycles. The average molecular weight is 529 g/mol. The standard InChI is InChI=1S/C27H40N6O5/c1-5-16(3)22(26(36)33-23(27(37)38)17(4)6-2)32-25(35)21(12-18-10-8-7-9-11-18)31-24(34)20(28)13-19-14-29-15-30-19/h7-11,14-17,20-23H,5-6,12-13,28H2,1-4H3,(H,29,30)(H,31,34)(H,32,35)(H,33,36)(H,37,38). The zero-order valence-corrected chi connectivity index (χ0v) is 22.4. The normalized spacial score (nSPS) is 15.8. The van der Waals surface area contributed by atoms with E-state index in [4.69, 9.17) is 5.73 Å². The molecular weight excluding hydrogens is 488 g/mol. The molecule has 1 aromatic carbocycles. The van der Waals surface area contributed by atoms with E-state index in [2.05, 4.69) is 25.9 Å². The maximum Gasteiger partial charge on any atom is 0.326 e. The Bertz CT molecular complexity index is 1050. The Kier molecular flexibility index (Phi) is 11.9. The zero-order chi connectivity index (χ0) is 28.2. The predicted octanol–water partition coefficient (Wildman–Crippen LogP) is 1.15. The minimum atomic E-state index is -1.14. The summed E-state index contributed by atoms with van der Waals surface area (Å²) in [6.45, 7) is 7.26. The highest BCUT2D eigenvalue weighted by Gasteiger charge is 2.34. The second-order valence-corrected chi connectivity index (χ2v) is 9.72. The second kappa shape index (κ2) is 14.9. The number of aliphatic carboxylic acids is 1. The van der Waals surface area contributed by atoms with E-state index in [1.165, 1.54) is 6.33 Å². The van der Waals surface area contributed by atoms with Crippen molar-refractivity contribution < 1.29 is 24.3 Å². The van der Waals surface area contributed by atoms with Gasteiger partial charge >= 0.3 is 5.97 Å². The molecular formula is C27H40N6O5. The molecule has 6 unspecified atom stereocenters. The number of rotatable bonds is 15. The fourth-order valence-electron chi connectivity index (χ4n) is 3.95. The number of carboxylic acids is 1. The number of carbonyl (C=O) groups excluding carboxylic acids is 3. The van der Waals surface area contributed by atoms with Crippen LogP contribution >= 0.6 is 0 Å². The van der Waals surface area contributed by atoms with Crippen molar-refractivity contribution in [1.82, 2.24) is 25.9 Å². The van der Waals surface area contributed by atoms with Crippen molar-refractivity contribution in [3.05, 3.63) is 54.1 Å². The van der Waals surface area contributed by atoms with E-state index >= 15 is 0 Å². The number of H-pyrrole nitrogens is 1. The number of imidazole rings is 1. The molecule has 11 heteroatoms. The maximum absolute atomic E-state index is 13.5. The Morgan fingerprint density at radius 1 is 0.895 bits per heavy atom. The summed E-state index contributed by atoms with van der Waals surface area (Å²) >= 11 is 0. The monoisotopic (exact) mass is 528 g/mol. The number of benzene rings is 1. The Morgan fingerprint density at radius 2 is 1.50 bits per heavy atom. The number of carboxylic acid groups (broad SMARTS) is 1. The Hall–Kier alpha value is -3.73. The molecule has 0 aliphatic rings. The van der Waals surface area contributed by atoms with Gasteiger partial charge in [-0.2, -0.15) is 0 Å². The van der Waals surface area contributed by atoms with Gasteiger partial charge in [0.2, 0.25) is 17.7 Å². The number of hydrogen-bond acceptors (Lipinski definition) is 6. The molecule has 3 amide bonds. The second-order valence-electron chi connectivity index (χ2n) is 9.72. The summed E-state index contributed by atoms with van der Waals surface area (Å²) in [5, 5.41) is 17.7. The van der Waals surface area contributed by atoms with Gasteiger partial charge in [-0.05, 0) is 17.4 Å². The van der Waals surface area contributed by atoms with Crippen LogP contribution in [0.4, 0.5) is 0 Å². The van der Waals surface area contributed by atoms with Gasteiger partial charge in [-0.15, -0.1) is 0 Å². The van der Waals surface area contributed by atoms with Crippen LogP contribution < -0.4 is 21.7 Å². The third kappa shape index (κ3) is 8.98. The summed E-state index contributed by atoms with van der Waals surface area (Å²) in [6, 6.07) is 5.14. The first-order valence-electron chi connectivity index (χ1n) is 13.0. The van der Waals surface area contributed by atoms with Crippen LogP contribution in [0.5, 0.6) is 0 Å². The Balaban J connectivity index is 2.23. The summed E-state index contributed by atoms with van der Waals surface area (Å²) in [5.41, 5.74) is 7.57. The molecule has 0 saturated carbocycles. The molecule has 0 bridgehead atoms. The molecule has 2 rings (SSSR count). The van der Waals surface area contributed by atoms with E-state index in [-0.39, 0.29) is 24.7 Å². The van der Waals surface area contributed by atoms with E-state index in [1.54, 1.807) is 20.0 Å². The van der Waals surface area contributed by atoms with E-state index in [0.717, 1.165) is 5.56 Å². The van der Waals surface area contributed by atoms with Gasteiger partial charge in [0.25, 0.3) is 0 Å². The molecule has 0 saturated heterocycles. The van der Waals surface area contributed by atoms with Crippen LogP contribution in [0.2, 0.25) is 0 Å². The van der Waals surface area contributed by atoms with Gasteiger partial charge in [0, 0.05) is 24.7 Å². The third-order valence-corrected chi connectivity index (χ3v) is 6.82. The van der Waals surface area contributed by atoms with Gasteiger partial charge in [0.05, 0.1) is 12.4 Å². The number of nitrogens with one attached hydrogen (secondary N) is 4. The summed E-state index contributed by atoms with van der Waals surface area (Å²) in [7, 11) is 0. The van der Waals surface area contributed by atoms with Crippen LogP contribution in [-0.4, -0.2) is 62.9 Å². The third-order valence-electron chi connectivity index (χ3n) is 6.82. The lowest BCUT2D eigenvalue weighted by molar-refractivity contribution is -0.144. The van der Waals surface area contributed by atoms with Crippen molar-refractivity contribution in [2.24, 2.45) is 17.6 Å². The average Bonchev–Trinajstić information content (AvgIpc) is 3.42. The Morgan fingerprint density at radius 3 is 2.05 bits per heavy atom. The molecule has 2 aromatic rings. The molecule has 7 N–H and O–H groups in total. The number of amides is 3. The maximum atomic E-state index is 13.5. The lowest BCUT2D eigenvalue weighted by Gasteiger charge is -2.29. The molecule has 38 heavy (non-hydrogen) atoms. The van der Waals surface area contributed by atoms with Crippen molar-refractivity contribution in [3.63, 3.8) is 0 Å². The van der Waals surface area contributed by atoms with Crippen LogP contribution in [0.25, 0.3) is 0 Å². The Labute approximate surface area is 223 Å². The highest BCUT2D eigenvalue weighted by atomic mass is 16.4. The van der Waals surface area contributed by atoms with E-state index in [0.29, 0.717) is 18.5 Å². The van der Waals surface area contributed by atoms with Gasteiger partial charge in [0.15, 0.2) is 0 Å². The van der Waals surface area contributed by atoms with E-state index in [9.17, 15) is 24.3 Å². The van der Waals surface area contributed by atoms with Gasteiger partial charge in [-0.25, -0.2) is 9.78 Å². The quantitative estimate of drug-likeness (QED) is 0.201. The van der Waals surface area contributed by atoms with Gasteiger partial charge in [0.1, 0.15) is 18.1 Å². The topological polar surface area (TPSA) is 179 Å². The molecule has 0 fully saturated rings. The van der Waals surface area contributed by atoms with Crippen molar-refractivity contribution >= 4 is 23.7 Å². The molecule has 208 valence electrons. The van der Waals surface area contributed by atoms with Gasteiger partial charge in [-0.3, -0.25) is 14.4 Å².